The molecule has 62 heavy (non-hydrogen) atoms. The minimum atomic E-state index is -2.72. The Balaban J connectivity index is 1.02. The Morgan fingerprint density at radius 2 is 0.629 bits per heavy atom. The number of fused-ring (bicyclic) bond motifs is 5. The predicted molar refractivity (Wildman–Crippen MR) is 265 cm³/mol. The van der Waals surface area contributed by atoms with Crippen molar-refractivity contribution in [3.05, 3.63) is 249 Å². The van der Waals surface area contributed by atoms with Gasteiger partial charge in [0.25, 0.3) is 0 Å². The van der Waals surface area contributed by atoms with Crippen molar-refractivity contribution >= 4 is 103 Å². The van der Waals surface area contributed by atoms with Crippen LogP contribution in [0.4, 0.5) is 34.3 Å². The molecule has 10 aromatic rings. The first kappa shape index (κ1) is 36.3. The number of pyridine rings is 1. The van der Waals surface area contributed by atoms with Crippen molar-refractivity contribution < 1.29 is 0 Å². The molecule has 3 nitrogen and oxygen atoms in total. The highest BCUT2D eigenvalue weighted by atomic mass is 28.3. The lowest BCUT2D eigenvalue weighted by Gasteiger charge is -2.45. The molecule has 292 valence electrons. The highest BCUT2D eigenvalue weighted by Crippen LogP contribution is 2.41. The van der Waals surface area contributed by atoms with Crippen molar-refractivity contribution in [2.45, 2.75) is 0 Å². The molecule has 2 aliphatic heterocycles. The molecular formula is C57H41N3Si2. The van der Waals surface area contributed by atoms with Gasteiger partial charge >= 0.3 is 0 Å². The summed E-state index contributed by atoms with van der Waals surface area (Å²) >= 11 is 0. The van der Waals surface area contributed by atoms with E-state index in [2.05, 4.69) is 259 Å². The average Bonchev–Trinajstić information content (AvgIpc) is 3.35. The van der Waals surface area contributed by atoms with Gasteiger partial charge < -0.3 is 4.90 Å². The van der Waals surface area contributed by atoms with Crippen LogP contribution in [0.3, 0.4) is 0 Å². The summed E-state index contributed by atoms with van der Waals surface area (Å²) in [6, 6.07) is 92.2. The molecular weight excluding hydrogens is 783 g/mol. The molecule has 0 spiro atoms. The smallest absolute Gasteiger partial charge is 0.184 e. The second-order valence-corrected chi connectivity index (χ2v) is 23.7. The van der Waals surface area contributed by atoms with Crippen molar-refractivity contribution in [1.82, 2.24) is 4.98 Å². The predicted octanol–water partition coefficient (Wildman–Crippen LogP) is 8.56. The van der Waals surface area contributed by atoms with Gasteiger partial charge in [0.2, 0.25) is 0 Å². The van der Waals surface area contributed by atoms with Crippen LogP contribution in [0.15, 0.2) is 249 Å². The van der Waals surface area contributed by atoms with Crippen LogP contribution >= 0.6 is 0 Å². The van der Waals surface area contributed by atoms with Gasteiger partial charge in [0.05, 0.1) is 5.52 Å². The van der Waals surface area contributed by atoms with Crippen molar-refractivity contribution in [1.29, 1.82) is 0 Å². The Morgan fingerprint density at radius 3 is 1.02 bits per heavy atom. The fourth-order valence-corrected chi connectivity index (χ4v) is 20.9. The number of rotatable bonds is 6. The number of para-hydroxylation sites is 4. The monoisotopic (exact) mass is 823 g/mol. The zero-order chi connectivity index (χ0) is 41.1. The van der Waals surface area contributed by atoms with Crippen LogP contribution in [0.1, 0.15) is 0 Å². The first-order valence-corrected chi connectivity index (χ1v) is 25.4. The molecule has 0 radical (unpaired) electrons. The Morgan fingerprint density at radius 1 is 0.290 bits per heavy atom. The maximum atomic E-state index is 5.50. The Kier molecular flexibility index (Phi) is 8.52. The maximum absolute atomic E-state index is 5.50. The molecule has 0 bridgehead atoms. The highest BCUT2D eigenvalue weighted by molar-refractivity contribution is 7.22. The molecule has 1 aromatic heterocycles. The zero-order valence-electron chi connectivity index (χ0n) is 34.0. The van der Waals surface area contributed by atoms with Crippen molar-refractivity contribution in [2.75, 3.05) is 9.80 Å². The first-order valence-electron chi connectivity index (χ1n) is 21.4. The Hall–Kier alpha value is -7.58. The summed E-state index contributed by atoms with van der Waals surface area (Å²) in [6.45, 7) is 0. The fraction of sp³-hybridized carbons (Fsp3) is 0. The van der Waals surface area contributed by atoms with Gasteiger partial charge in [-0.1, -0.05) is 194 Å². The second-order valence-electron chi connectivity index (χ2n) is 16.2. The molecule has 0 N–H and O–H groups in total. The molecule has 0 saturated carbocycles. The fourth-order valence-electron chi connectivity index (χ4n) is 10.7. The van der Waals surface area contributed by atoms with Crippen LogP contribution in [0.2, 0.25) is 0 Å². The third-order valence-corrected chi connectivity index (χ3v) is 22.9. The first-order chi connectivity index (χ1) is 30.8. The van der Waals surface area contributed by atoms with Crippen LogP contribution in [-0.4, -0.2) is 21.1 Å². The van der Waals surface area contributed by atoms with Crippen LogP contribution in [0.25, 0.3) is 10.9 Å². The van der Waals surface area contributed by atoms with E-state index in [0.717, 1.165) is 22.4 Å². The zero-order valence-corrected chi connectivity index (χ0v) is 36.0. The molecule has 0 fully saturated rings. The lowest BCUT2D eigenvalue weighted by Crippen LogP contribution is -2.77. The third kappa shape index (κ3) is 5.25. The van der Waals surface area contributed by atoms with Crippen molar-refractivity contribution in [3.8, 4) is 0 Å². The molecule has 0 aliphatic carbocycles. The van der Waals surface area contributed by atoms with E-state index < -0.39 is 16.1 Å². The maximum Gasteiger partial charge on any atom is 0.184 e. The van der Waals surface area contributed by atoms with E-state index in [1.54, 1.807) is 0 Å². The molecule has 5 heteroatoms. The standard InChI is InChI=1S/C57H41N3Si2/c1-5-21-44(22-6-1)61(45-23-7-2-8-24-45)53-33-17-13-29-49(53)59(50-30-14-18-34-54(50)61)43-38-39-48-42(41-43)37-40-57(58-48)60-51-31-15-19-35-55(51)62(46-25-9-3-10-26-46,47-27-11-4-12-28-47)56-36-20-16-32-52(56)60/h1-41H. The Bertz CT molecular complexity index is 2870. The van der Waals surface area contributed by atoms with Crippen molar-refractivity contribution in [3.63, 3.8) is 0 Å². The molecule has 0 amide bonds. The van der Waals surface area contributed by atoms with Gasteiger partial charge in [0.15, 0.2) is 16.1 Å². The van der Waals surface area contributed by atoms with E-state index in [1.165, 1.54) is 64.2 Å². The minimum absolute atomic E-state index is 0.907. The largest absolute Gasteiger partial charge is 0.311 e. The SMILES string of the molecule is c1ccc([Si]2(c3ccccc3)c3ccccc3N(c3ccc4nc(N5c6ccccc6[Si](c6ccccc6)(c6ccccc6)c6ccccc65)ccc4c3)c3ccccc32)cc1. The average molecular weight is 824 g/mol. The summed E-state index contributed by atoms with van der Waals surface area (Å²) in [5, 5.41) is 12.1. The van der Waals surface area contributed by atoms with Crippen LogP contribution in [-0.2, 0) is 0 Å². The number of aromatic nitrogens is 1. The van der Waals surface area contributed by atoms with E-state index >= 15 is 0 Å². The van der Waals surface area contributed by atoms with E-state index in [4.69, 9.17) is 4.98 Å². The number of nitrogens with zero attached hydrogens (tertiary/aromatic N) is 3. The van der Waals surface area contributed by atoms with Gasteiger partial charge in [-0.25, -0.2) is 4.98 Å². The van der Waals surface area contributed by atoms with E-state index in [0.29, 0.717) is 0 Å². The van der Waals surface area contributed by atoms with Crippen LogP contribution in [0, 0.1) is 0 Å². The molecule has 9 aromatic carbocycles. The van der Waals surface area contributed by atoms with Crippen molar-refractivity contribution in [2.24, 2.45) is 0 Å². The van der Waals surface area contributed by atoms with Gasteiger partial charge in [-0.15, -0.1) is 0 Å². The topological polar surface area (TPSA) is 19.4 Å². The second kappa shape index (κ2) is 14.6. The van der Waals surface area contributed by atoms with E-state index in [-0.39, 0.29) is 0 Å². The summed E-state index contributed by atoms with van der Waals surface area (Å²) < 4.78 is 0. The quantitative estimate of drug-likeness (QED) is 0.157. The summed E-state index contributed by atoms with van der Waals surface area (Å²) in [4.78, 5) is 10.4. The van der Waals surface area contributed by atoms with Gasteiger partial charge in [0, 0.05) is 33.8 Å². The third-order valence-electron chi connectivity index (χ3n) is 13.2. The molecule has 0 unspecified atom stereocenters. The highest BCUT2D eigenvalue weighted by Gasteiger charge is 2.50. The van der Waals surface area contributed by atoms with Crippen LogP contribution < -0.4 is 51.3 Å². The lowest BCUT2D eigenvalue weighted by atomic mass is 10.1. The summed E-state index contributed by atoms with van der Waals surface area (Å²) in [5.74, 6) is 0.907. The van der Waals surface area contributed by atoms with Gasteiger partial charge in [-0.3, -0.25) is 4.90 Å². The summed E-state index contributed by atoms with van der Waals surface area (Å²) in [6.07, 6.45) is 0. The van der Waals surface area contributed by atoms with E-state index in [1.807, 2.05) is 0 Å². The van der Waals surface area contributed by atoms with Gasteiger partial charge in [0.1, 0.15) is 5.82 Å². The van der Waals surface area contributed by atoms with Gasteiger partial charge in [-0.05, 0) is 96.1 Å². The lowest BCUT2D eigenvalue weighted by molar-refractivity contribution is 1.21. The van der Waals surface area contributed by atoms with E-state index in [9.17, 15) is 0 Å². The Labute approximate surface area is 364 Å². The molecule has 0 saturated heterocycles. The number of hydrogen-bond acceptors (Lipinski definition) is 3. The molecule has 0 atom stereocenters. The number of anilines is 6. The molecule has 12 rings (SSSR count). The number of hydrogen-bond donors (Lipinski definition) is 0. The minimum Gasteiger partial charge on any atom is -0.311 e. The normalized spacial score (nSPS) is 14.3. The number of benzene rings is 9. The summed E-state index contributed by atoms with van der Waals surface area (Å²) in [5.41, 5.74) is 6.88. The summed E-state index contributed by atoms with van der Waals surface area (Å²) in [7, 11) is -5.42. The molecule has 3 heterocycles. The van der Waals surface area contributed by atoms with Crippen LogP contribution in [0.5, 0.6) is 0 Å². The van der Waals surface area contributed by atoms with Gasteiger partial charge in [-0.2, -0.15) is 0 Å². The molecule has 2 aliphatic rings.